The molecule has 0 aromatic carbocycles. The van der Waals surface area contributed by atoms with Gasteiger partial charge >= 0.3 is 0 Å². The van der Waals surface area contributed by atoms with Gasteiger partial charge in [0.1, 0.15) is 6.10 Å². The maximum absolute atomic E-state index is 12.2. The molecule has 2 atom stereocenters. The van der Waals surface area contributed by atoms with Gasteiger partial charge in [0, 0.05) is 25.4 Å². The molecule has 1 aromatic heterocycles. The minimum atomic E-state index is -0.0897. The Bertz CT molecular complexity index is 456. The Labute approximate surface area is 126 Å². The van der Waals surface area contributed by atoms with Crippen LogP contribution in [0.25, 0.3) is 0 Å². The van der Waals surface area contributed by atoms with E-state index in [-0.39, 0.29) is 18.1 Å². The normalized spacial score (nSPS) is 22.5. The molecule has 6 heteroatoms. The third-order valence-corrected chi connectivity index (χ3v) is 3.98. The molecular formula is C15H26N4O2. The number of aryl methyl sites for hydroxylation is 1. The van der Waals surface area contributed by atoms with Crippen LogP contribution in [0.15, 0.2) is 12.4 Å². The van der Waals surface area contributed by atoms with Crippen LogP contribution >= 0.6 is 0 Å². The van der Waals surface area contributed by atoms with E-state index in [4.69, 9.17) is 4.74 Å². The summed E-state index contributed by atoms with van der Waals surface area (Å²) in [5.41, 5.74) is 1.03. The van der Waals surface area contributed by atoms with Crippen LogP contribution in [0.4, 0.5) is 0 Å². The fourth-order valence-electron chi connectivity index (χ4n) is 2.75. The number of carbonyl (C=O) groups is 1. The molecule has 118 valence electrons. The minimum absolute atomic E-state index is 0.0333. The van der Waals surface area contributed by atoms with Crippen molar-refractivity contribution in [1.82, 2.24) is 20.0 Å². The number of nitrogens with zero attached hydrogens (tertiary/aromatic N) is 3. The molecule has 1 amide bonds. The average Bonchev–Trinajstić information content (AvgIpc) is 2.91. The first-order valence-electron chi connectivity index (χ1n) is 7.75. The number of likely N-dealkylation sites (N-methyl/N-ethyl adjacent to an activating group) is 1. The number of rotatable bonds is 6. The van der Waals surface area contributed by atoms with E-state index in [0.29, 0.717) is 6.54 Å². The summed E-state index contributed by atoms with van der Waals surface area (Å²) in [5.74, 6) is 0.0723. The van der Waals surface area contributed by atoms with Gasteiger partial charge in [0.05, 0.1) is 18.8 Å². The topological polar surface area (TPSA) is 59.4 Å². The van der Waals surface area contributed by atoms with Crippen molar-refractivity contribution < 1.29 is 9.53 Å². The number of carbonyl (C=O) groups excluding carboxylic acids is 1. The van der Waals surface area contributed by atoms with E-state index < -0.39 is 0 Å². The fraction of sp³-hybridized carbons (Fsp3) is 0.733. The van der Waals surface area contributed by atoms with E-state index in [9.17, 15) is 4.79 Å². The molecule has 1 aliphatic rings. The predicted octanol–water partition coefficient (Wildman–Crippen LogP) is 1.10. The van der Waals surface area contributed by atoms with Gasteiger partial charge in [-0.1, -0.05) is 13.8 Å². The zero-order valence-corrected chi connectivity index (χ0v) is 13.2. The molecule has 1 N–H and O–H groups in total. The largest absolute Gasteiger partial charge is 0.371 e. The van der Waals surface area contributed by atoms with Crippen molar-refractivity contribution in [2.24, 2.45) is 7.05 Å². The quantitative estimate of drug-likeness (QED) is 0.853. The standard InChI is InChI=1S/C15H26N4O2/c1-4-19(5-2)11-14(20)17-13-7-6-8-21-15(13)12-9-16-18(3)10-12/h9-10,13,15H,4-8,11H2,1-3H3,(H,17,20)/t13-,15+/m0/s1. The number of hydrogen-bond acceptors (Lipinski definition) is 4. The van der Waals surface area contributed by atoms with Crippen molar-refractivity contribution in [2.45, 2.75) is 38.8 Å². The predicted molar refractivity (Wildman–Crippen MR) is 80.9 cm³/mol. The Kier molecular flexibility index (Phi) is 5.76. The van der Waals surface area contributed by atoms with E-state index in [1.165, 1.54) is 0 Å². The van der Waals surface area contributed by atoms with Crippen LogP contribution in [0.2, 0.25) is 0 Å². The van der Waals surface area contributed by atoms with E-state index in [2.05, 4.69) is 29.2 Å². The molecule has 0 unspecified atom stereocenters. The van der Waals surface area contributed by atoms with Crippen molar-refractivity contribution in [3.05, 3.63) is 18.0 Å². The van der Waals surface area contributed by atoms with Gasteiger partial charge < -0.3 is 10.1 Å². The number of aromatic nitrogens is 2. The molecule has 0 spiro atoms. The zero-order chi connectivity index (χ0) is 15.2. The summed E-state index contributed by atoms with van der Waals surface area (Å²) in [6, 6.07) is 0.0333. The van der Waals surface area contributed by atoms with Gasteiger partial charge in [-0.15, -0.1) is 0 Å². The molecule has 0 bridgehead atoms. The van der Waals surface area contributed by atoms with Gasteiger partial charge in [-0.3, -0.25) is 14.4 Å². The first-order chi connectivity index (χ1) is 10.1. The fourth-order valence-corrected chi connectivity index (χ4v) is 2.75. The summed E-state index contributed by atoms with van der Waals surface area (Å²) in [6.07, 6.45) is 5.61. The maximum atomic E-state index is 12.2. The summed E-state index contributed by atoms with van der Waals surface area (Å²) in [6.45, 7) is 7.09. The second-order valence-electron chi connectivity index (χ2n) is 5.52. The maximum Gasteiger partial charge on any atom is 0.234 e. The van der Waals surface area contributed by atoms with Crippen molar-refractivity contribution in [3.63, 3.8) is 0 Å². The number of nitrogens with one attached hydrogen (secondary N) is 1. The highest BCUT2D eigenvalue weighted by Crippen LogP contribution is 2.28. The van der Waals surface area contributed by atoms with Crippen molar-refractivity contribution in [3.8, 4) is 0 Å². The summed E-state index contributed by atoms with van der Waals surface area (Å²) in [5, 5.41) is 7.33. The third-order valence-electron chi connectivity index (χ3n) is 3.98. The Morgan fingerprint density at radius 3 is 2.90 bits per heavy atom. The second-order valence-corrected chi connectivity index (χ2v) is 5.52. The Hall–Kier alpha value is -1.40. The monoisotopic (exact) mass is 294 g/mol. The highest BCUT2D eigenvalue weighted by molar-refractivity contribution is 5.78. The van der Waals surface area contributed by atoms with Gasteiger partial charge in [0.2, 0.25) is 5.91 Å². The summed E-state index contributed by atoms with van der Waals surface area (Å²) in [7, 11) is 1.89. The van der Waals surface area contributed by atoms with E-state index >= 15 is 0 Å². The second kappa shape index (κ2) is 7.56. The first kappa shape index (κ1) is 16.0. The van der Waals surface area contributed by atoms with Crippen LogP contribution in [-0.4, -0.2) is 52.9 Å². The molecule has 0 aliphatic carbocycles. The molecule has 1 aromatic rings. The van der Waals surface area contributed by atoms with E-state index in [1.807, 2.05) is 19.4 Å². The number of amides is 1. The molecule has 6 nitrogen and oxygen atoms in total. The lowest BCUT2D eigenvalue weighted by Crippen LogP contribution is -2.46. The Morgan fingerprint density at radius 2 is 2.29 bits per heavy atom. The van der Waals surface area contributed by atoms with Gasteiger partial charge in [-0.2, -0.15) is 5.10 Å². The molecule has 1 aliphatic heterocycles. The lowest BCUT2D eigenvalue weighted by Gasteiger charge is -2.32. The lowest BCUT2D eigenvalue weighted by molar-refractivity contribution is -0.125. The average molecular weight is 294 g/mol. The molecule has 0 saturated carbocycles. The zero-order valence-electron chi connectivity index (χ0n) is 13.2. The van der Waals surface area contributed by atoms with Gasteiger partial charge in [-0.05, 0) is 25.9 Å². The number of ether oxygens (including phenoxy) is 1. The van der Waals surface area contributed by atoms with Gasteiger partial charge in [0.25, 0.3) is 0 Å². The molecular weight excluding hydrogens is 268 g/mol. The van der Waals surface area contributed by atoms with Crippen LogP contribution in [-0.2, 0) is 16.6 Å². The Balaban J connectivity index is 1.97. The summed E-state index contributed by atoms with van der Waals surface area (Å²) < 4.78 is 7.63. The molecule has 2 rings (SSSR count). The molecule has 1 saturated heterocycles. The van der Waals surface area contributed by atoms with Crippen molar-refractivity contribution in [1.29, 1.82) is 0 Å². The third kappa shape index (κ3) is 4.28. The van der Waals surface area contributed by atoms with Gasteiger partial charge in [0.15, 0.2) is 0 Å². The SMILES string of the molecule is CCN(CC)CC(=O)N[C@H]1CCCO[C@@H]1c1cnn(C)c1. The van der Waals surface area contributed by atoms with E-state index in [1.54, 1.807) is 4.68 Å². The van der Waals surface area contributed by atoms with Crippen LogP contribution < -0.4 is 5.32 Å². The first-order valence-corrected chi connectivity index (χ1v) is 7.75. The van der Waals surface area contributed by atoms with Crippen LogP contribution in [0.5, 0.6) is 0 Å². The molecule has 0 radical (unpaired) electrons. The van der Waals surface area contributed by atoms with Gasteiger partial charge in [-0.25, -0.2) is 0 Å². The van der Waals surface area contributed by atoms with E-state index in [0.717, 1.165) is 38.1 Å². The number of hydrogen-bond donors (Lipinski definition) is 1. The molecule has 2 heterocycles. The lowest BCUT2D eigenvalue weighted by atomic mass is 9.98. The van der Waals surface area contributed by atoms with Crippen LogP contribution in [0.3, 0.4) is 0 Å². The van der Waals surface area contributed by atoms with Crippen molar-refractivity contribution >= 4 is 5.91 Å². The highest BCUT2D eigenvalue weighted by Gasteiger charge is 2.29. The summed E-state index contributed by atoms with van der Waals surface area (Å²) >= 11 is 0. The summed E-state index contributed by atoms with van der Waals surface area (Å²) in [4.78, 5) is 14.3. The highest BCUT2D eigenvalue weighted by atomic mass is 16.5. The molecule has 1 fully saturated rings. The smallest absolute Gasteiger partial charge is 0.234 e. The van der Waals surface area contributed by atoms with Crippen molar-refractivity contribution in [2.75, 3.05) is 26.2 Å². The van der Waals surface area contributed by atoms with Crippen LogP contribution in [0, 0.1) is 0 Å². The molecule has 21 heavy (non-hydrogen) atoms. The minimum Gasteiger partial charge on any atom is -0.371 e. The van der Waals surface area contributed by atoms with Crippen LogP contribution in [0.1, 0.15) is 38.4 Å². The Morgan fingerprint density at radius 1 is 1.52 bits per heavy atom.